The second-order valence-corrected chi connectivity index (χ2v) is 15.9. The molecule has 0 saturated carbocycles. The quantitative estimate of drug-likeness (QED) is 0.189. The molecular weight excluding hydrogens is 735 g/mol. The summed E-state index contributed by atoms with van der Waals surface area (Å²) in [6, 6.07) is 64.4. The van der Waals surface area contributed by atoms with Crippen molar-refractivity contribution in [1.29, 1.82) is 0 Å². The average molecular weight is 774 g/mol. The molecule has 0 aliphatic carbocycles. The Morgan fingerprint density at radius 3 is 2.10 bits per heavy atom. The Kier molecular flexibility index (Phi) is 7.88. The van der Waals surface area contributed by atoms with Gasteiger partial charge >= 0.3 is 0 Å². The van der Waals surface area contributed by atoms with Crippen LogP contribution in [0.15, 0.2) is 201 Å². The number of para-hydroxylation sites is 4. The predicted octanol–water partition coefficient (Wildman–Crippen LogP) is 14.6. The maximum Gasteiger partial charge on any atom is 0.145 e. The summed E-state index contributed by atoms with van der Waals surface area (Å²) in [7, 11) is 0. The zero-order valence-electron chi connectivity index (χ0n) is 33.0. The maximum atomic E-state index is 6.91. The van der Waals surface area contributed by atoms with Crippen LogP contribution in [-0.2, 0) is 0 Å². The van der Waals surface area contributed by atoms with Crippen LogP contribution in [-0.4, -0.2) is 10.3 Å². The number of aromatic nitrogens is 1. The van der Waals surface area contributed by atoms with Crippen LogP contribution in [0.5, 0.6) is 0 Å². The first-order chi connectivity index (χ1) is 29.7. The van der Waals surface area contributed by atoms with Gasteiger partial charge in [-0.25, -0.2) is 0 Å². The fourth-order valence-electron chi connectivity index (χ4n) is 9.48. The molecule has 0 spiro atoms. The van der Waals surface area contributed by atoms with Gasteiger partial charge in [-0.05, 0) is 91.1 Å². The van der Waals surface area contributed by atoms with Crippen molar-refractivity contribution in [2.45, 2.75) is 25.9 Å². The largest absolute Gasteiger partial charge is 0.456 e. The van der Waals surface area contributed by atoms with Crippen LogP contribution < -0.4 is 5.32 Å². The standard InChI is InChI=1S/C55H39N3O2/c1-34-26-30-46(35-14-4-2-5-15-35)56-55(57-53(34)37-27-29-42-41-19-9-11-24-49(41)59-51(42)33-37)44-22-13-25-50-52(44)43-21-12-20-39(54(43)60-50)36-28-31-48-45(32-36)40-18-8-10-23-47(40)58(48)38-16-6-3-7-17-38/h2-25,27-29,31-33,55,57H,26,30H2,1H3/b53-34+,56-46+. The van der Waals surface area contributed by atoms with Crippen molar-refractivity contribution >= 4 is 77.1 Å². The molecule has 286 valence electrons. The summed E-state index contributed by atoms with van der Waals surface area (Å²) < 4.78 is 15.6. The zero-order chi connectivity index (χ0) is 39.7. The summed E-state index contributed by atoms with van der Waals surface area (Å²) in [5.74, 6) is 0. The van der Waals surface area contributed by atoms with Gasteiger partial charge in [-0.3, -0.25) is 4.99 Å². The van der Waals surface area contributed by atoms with Crippen LogP contribution in [0, 0.1) is 0 Å². The van der Waals surface area contributed by atoms with Gasteiger partial charge in [-0.2, -0.15) is 0 Å². The molecule has 1 atom stereocenters. The van der Waals surface area contributed by atoms with E-state index in [0.29, 0.717) is 0 Å². The van der Waals surface area contributed by atoms with E-state index in [-0.39, 0.29) is 0 Å². The molecule has 0 saturated heterocycles. The molecule has 8 aromatic carbocycles. The molecule has 11 aromatic rings. The summed E-state index contributed by atoms with van der Waals surface area (Å²) >= 11 is 0. The number of nitrogens with zero attached hydrogens (tertiary/aromatic N) is 2. The van der Waals surface area contributed by atoms with Crippen molar-refractivity contribution in [3.63, 3.8) is 0 Å². The fraction of sp³-hybridized carbons (Fsp3) is 0.0727. The number of fused-ring (bicyclic) bond motifs is 9. The molecular formula is C55H39N3O2. The Morgan fingerprint density at radius 2 is 1.22 bits per heavy atom. The van der Waals surface area contributed by atoms with Crippen LogP contribution >= 0.6 is 0 Å². The van der Waals surface area contributed by atoms with E-state index >= 15 is 0 Å². The Labute approximate surface area is 346 Å². The number of hydrogen-bond acceptors (Lipinski definition) is 4. The van der Waals surface area contributed by atoms with Crippen LogP contribution in [0.25, 0.3) is 88.2 Å². The second kappa shape index (κ2) is 13.7. The Balaban J connectivity index is 1.02. The zero-order valence-corrected chi connectivity index (χ0v) is 33.0. The first kappa shape index (κ1) is 34.4. The molecule has 1 unspecified atom stereocenters. The molecule has 4 heterocycles. The topological polar surface area (TPSA) is 55.6 Å². The number of furan rings is 2. The lowest BCUT2D eigenvalue weighted by Gasteiger charge is -2.26. The Morgan fingerprint density at radius 1 is 0.517 bits per heavy atom. The van der Waals surface area contributed by atoms with Crippen molar-refractivity contribution in [2.75, 3.05) is 0 Å². The monoisotopic (exact) mass is 773 g/mol. The van der Waals surface area contributed by atoms with Crippen molar-refractivity contribution in [3.05, 3.63) is 204 Å². The van der Waals surface area contributed by atoms with Crippen LogP contribution in [0.1, 0.15) is 42.6 Å². The third-order valence-corrected chi connectivity index (χ3v) is 12.4. The van der Waals surface area contributed by atoms with E-state index in [4.69, 9.17) is 13.8 Å². The van der Waals surface area contributed by atoms with E-state index in [9.17, 15) is 0 Å². The van der Waals surface area contributed by atoms with Crippen molar-refractivity contribution in [3.8, 4) is 16.8 Å². The van der Waals surface area contributed by atoms with Gasteiger partial charge in [-0.1, -0.05) is 127 Å². The summed E-state index contributed by atoms with van der Waals surface area (Å²) in [6.07, 6.45) is 1.29. The lowest BCUT2D eigenvalue weighted by atomic mass is 9.95. The maximum absolute atomic E-state index is 6.91. The van der Waals surface area contributed by atoms with Crippen LogP contribution in [0.3, 0.4) is 0 Å². The molecule has 0 radical (unpaired) electrons. The van der Waals surface area contributed by atoms with E-state index in [1.165, 1.54) is 27.4 Å². The first-order valence-corrected chi connectivity index (χ1v) is 20.7. The Bertz CT molecular complexity index is 3530. The normalized spacial score (nSPS) is 17.0. The van der Waals surface area contributed by atoms with Crippen molar-refractivity contribution < 1.29 is 8.83 Å². The predicted molar refractivity (Wildman–Crippen MR) is 248 cm³/mol. The number of hydrogen-bond donors (Lipinski definition) is 1. The van der Waals surface area contributed by atoms with Crippen LogP contribution in [0.4, 0.5) is 0 Å². The minimum Gasteiger partial charge on any atom is -0.456 e. The summed E-state index contributed by atoms with van der Waals surface area (Å²) in [5, 5.41) is 10.8. The number of aliphatic imine (C=N–C) groups is 1. The molecule has 0 fully saturated rings. The number of rotatable bonds is 5. The molecule has 3 aromatic heterocycles. The molecule has 1 aliphatic rings. The molecule has 5 nitrogen and oxygen atoms in total. The van der Waals surface area contributed by atoms with Crippen LogP contribution in [0.2, 0.25) is 0 Å². The molecule has 1 aliphatic heterocycles. The molecule has 60 heavy (non-hydrogen) atoms. The number of benzene rings is 8. The van der Waals surface area contributed by atoms with Gasteiger partial charge < -0.3 is 18.7 Å². The van der Waals surface area contributed by atoms with E-state index in [1.807, 2.05) is 12.1 Å². The minimum absolute atomic E-state index is 0.398. The highest BCUT2D eigenvalue weighted by molar-refractivity contribution is 6.14. The van der Waals surface area contributed by atoms with Gasteiger partial charge in [0.1, 0.15) is 28.5 Å². The highest BCUT2D eigenvalue weighted by Gasteiger charge is 2.25. The summed E-state index contributed by atoms with van der Waals surface area (Å²) in [4.78, 5) is 5.59. The third-order valence-electron chi connectivity index (χ3n) is 12.4. The highest BCUT2D eigenvalue weighted by atomic mass is 16.3. The van der Waals surface area contributed by atoms with Gasteiger partial charge in [0.05, 0.1) is 11.0 Å². The van der Waals surface area contributed by atoms with E-state index in [1.54, 1.807) is 0 Å². The van der Waals surface area contributed by atoms with E-state index in [0.717, 1.165) is 102 Å². The third kappa shape index (κ3) is 5.50. The van der Waals surface area contributed by atoms with Gasteiger partial charge in [0.15, 0.2) is 0 Å². The summed E-state index contributed by atoms with van der Waals surface area (Å²) in [6.45, 7) is 2.24. The summed E-state index contributed by atoms with van der Waals surface area (Å²) in [5.41, 5.74) is 15.9. The second-order valence-electron chi connectivity index (χ2n) is 15.9. The van der Waals surface area contributed by atoms with Gasteiger partial charge in [0.2, 0.25) is 0 Å². The van der Waals surface area contributed by atoms with Crippen molar-refractivity contribution in [2.24, 2.45) is 4.99 Å². The molecule has 1 N–H and O–H groups in total. The molecule has 12 rings (SSSR count). The molecule has 5 heteroatoms. The molecule has 0 bridgehead atoms. The first-order valence-electron chi connectivity index (χ1n) is 20.7. The Hall–Kier alpha value is -7.63. The van der Waals surface area contributed by atoms with Gasteiger partial charge in [0, 0.05) is 66.1 Å². The van der Waals surface area contributed by atoms with E-state index < -0.39 is 6.17 Å². The van der Waals surface area contributed by atoms with Crippen molar-refractivity contribution in [1.82, 2.24) is 9.88 Å². The lowest BCUT2D eigenvalue weighted by molar-refractivity contribution is 0.653. The SMILES string of the molecule is C/C1=C(/c2ccc3c(c2)oc2ccccc23)NC(c2cccc3oc4c(-c5ccc6c(c5)c5ccccc5n6-c5ccccc5)cccc4c23)/N=C(/c2ccccc2)CC1. The highest BCUT2D eigenvalue weighted by Crippen LogP contribution is 2.42. The minimum atomic E-state index is -0.398. The average Bonchev–Trinajstić information content (AvgIpc) is 3.98. The number of nitrogens with one attached hydrogen (secondary N) is 1. The molecule has 0 amide bonds. The lowest BCUT2D eigenvalue weighted by Crippen LogP contribution is -2.23. The number of allylic oxidation sites excluding steroid dienone is 1. The van der Waals surface area contributed by atoms with Gasteiger partial charge in [-0.15, -0.1) is 0 Å². The smallest absolute Gasteiger partial charge is 0.145 e. The van der Waals surface area contributed by atoms with Gasteiger partial charge in [0.25, 0.3) is 0 Å². The van der Waals surface area contributed by atoms with E-state index in [2.05, 4.69) is 187 Å². The fourth-order valence-corrected chi connectivity index (χ4v) is 9.48.